The van der Waals surface area contributed by atoms with Crippen LogP contribution in [0.5, 0.6) is 0 Å². The third-order valence-corrected chi connectivity index (χ3v) is 2.91. The fourth-order valence-corrected chi connectivity index (χ4v) is 2.19. The fourth-order valence-electron chi connectivity index (χ4n) is 2.01. The summed E-state index contributed by atoms with van der Waals surface area (Å²) in [6.07, 6.45) is 0. The second-order valence-electron chi connectivity index (χ2n) is 5.24. The van der Waals surface area contributed by atoms with Crippen LogP contribution in [0.4, 0.5) is 0 Å². The largest absolute Gasteiger partial charge is 0.252 e. The van der Waals surface area contributed by atoms with Crippen LogP contribution in [0.1, 0.15) is 32.0 Å². The molecule has 0 N–H and O–H groups in total. The molecule has 2 heteroatoms. The second kappa shape index (κ2) is 3.74. The first-order valence-electron chi connectivity index (χ1n) is 5.45. The zero-order valence-corrected chi connectivity index (χ0v) is 10.9. The van der Waals surface area contributed by atoms with Crippen molar-refractivity contribution in [2.75, 3.05) is 0 Å². The summed E-state index contributed by atoms with van der Waals surface area (Å²) in [5.41, 5.74) is 3.47. The summed E-state index contributed by atoms with van der Waals surface area (Å²) in [6.45, 7) is 8.66. The molecule has 1 heterocycles. The van der Waals surface area contributed by atoms with Crippen LogP contribution in [-0.2, 0) is 5.41 Å². The molecule has 2 aromatic rings. The van der Waals surface area contributed by atoms with Gasteiger partial charge in [-0.1, -0.05) is 32.4 Å². The number of halogens is 1. The number of pyridine rings is 1. The molecule has 0 bridgehead atoms. The van der Waals surface area contributed by atoms with E-state index in [0.29, 0.717) is 0 Å². The topological polar surface area (TPSA) is 12.9 Å². The molecule has 0 fully saturated rings. The average Bonchev–Trinajstić information content (AvgIpc) is 2.14. The highest BCUT2D eigenvalue weighted by molar-refractivity contribution is 6.31. The molecule has 0 saturated heterocycles. The van der Waals surface area contributed by atoms with Gasteiger partial charge in [-0.3, -0.25) is 4.98 Å². The zero-order chi connectivity index (χ0) is 11.9. The molecule has 0 atom stereocenters. The van der Waals surface area contributed by atoms with Crippen LogP contribution < -0.4 is 0 Å². The fraction of sp³-hybridized carbons (Fsp3) is 0.357. The molecule has 1 nitrogen and oxygen atoms in total. The third kappa shape index (κ3) is 2.05. The number of aryl methyl sites for hydroxylation is 1. The van der Waals surface area contributed by atoms with Crippen molar-refractivity contribution in [3.63, 3.8) is 0 Å². The average molecular weight is 234 g/mol. The van der Waals surface area contributed by atoms with Crippen molar-refractivity contribution in [1.82, 2.24) is 4.98 Å². The predicted octanol–water partition coefficient (Wildman–Crippen LogP) is 4.49. The monoisotopic (exact) mass is 233 g/mol. The molecule has 0 unspecified atom stereocenters. The van der Waals surface area contributed by atoms with Gasteiger partial charge in [0.05, 0.1) is 5.52 Å². The van der Waals surface area contributed by atoms with Gasteiger partial charge in [0, 0.05) is 21.5 Å². The van der Waals surface area contributed by atoms with E-state index in [2.05, 4.69) is 33.8 Å². The summed E-state index contributed by atoms with van der Waals surface area (Å²) in [5.74, 6) is 0. The minimum absolute atomic E-state index is 0.0813. The van der Waals surface area contributed by atoms with Crippen LogP contribution in [0.3, 0.4) is 0 Å². The van der Waals surface area contributed by atoms with E-state index in [-0.39, 0.29) is 5.41 Å². The number of hydrogen-bond donors (Lipinski definition) is 0. The normalized spacial score (nSPS) is 12.1. The summed E-state index contributed by atoms with van der Waals surface area (Å²) >= 11 is 5.97. The van der Waals surface area contributed by atoms with Gasteiger partial charge in [0.2, 0.25) is 0 Å². The van der Waals surface area contributed by atoms with Crippen molar-refractivity contribution in [3.05, 3.63) is 40.5 Å². The van der Waals surface area contributed by atoms with E-state index in [1.807, 2.05) is 18.2 Å². The van der Waals surface area contributed by atoms with Gasteiger partial charge >= 0.3 is 0 Å². The SMILES string of the molecule is Cc1cc2cc(Cl)ccc2nc1C(C)(C)C. The molecule has 0 saturated carbocycles. The lowest BCUT2D eigenvalue weighted by Gasteiger charge is -2.20. The number of rotatable bonds is 0. The second-order valence-corrected chi connectivity index (χ2v) is 5.68. The standard InChI is InChI=1S/C14H16ClN/c1-9-7-10-8-11(15)5-6-12(10)16-13(9)14(2,3)4/h5-8H,1-4H3. The third-order valence-electron chi connectivity index (χ3n) is 2.68. The van der Waals surface area contributed by atoms with Crippen LogP contribution >= 0.6 is 11.6 Å². The summed E-state index contributed by atoms with van der Waals surface area (Å²) in [6, 6.07) is 7.99. The minimum atomic E-state index is 0.0813. The smallest absolute Gasteiger partial charge is 0.0706 e. The molecule has 0 aliphatic carbocycles. The van der Waals surface area contributed by atoms with E-state index in [1.165, 1.54) is 5.56 Å². The highest BCUT2D eigenvalue weighted by atomic mass is 35.5. The van der Waals surface area contributed by atoms with Crippen LogP contribution in [0.15, 0.2) is 24.3 Å². The molecule has 2 rings (SSSR count). The van der Waals surface area contributed by atoms with Crippen LogP contribution in [0, 0.1) is 6.92 Å². The number of nitrogens with zero attached hydrogens (tertiary/aromatic N) is 1. The minimum Gasteiger partial charge on any atom is -0.252 e. The van der Waals surface area contributed by atoms with Gasteiger partial charge in [-0.25, -0.2) is 0 Å². The van der Waals surface area contributed by atoms with Crippen molar-refractivity contribution in [2.24, 2.45) is 0 Å². The van der Waals surface area contributed by atoms with Crippen molar-refractivity contribution in [3.8, 4) is 0 Å². The van der Waals surface area contributed by atoms with Crippen molar-refractivity contribution >= 4 is 22.5 Å². The summed E-state index contributed by atoms with van der Waals surface area (Å²) in [5, 5.41) is 1.87. The maximum Gasteiger partial charge on any atom is 0.0706 e. The van der Waals surface area contributed by atoms with Crippen molar-refractivity contribution < 1.29 is 0 Å². The number of hydrogen-bond acceptors (Lipinski definition) is 1. The Morgan fingerprint density at radius 2 is 1.81 bits per heavy atom. The lowest BCUT2D eigenvalue weighted by molar-refractivity contribution is 0.567. The molecular formula is C14H16ClN. The van der Waals surface area contributed by atoms with E-state index in [4.69, 9.17) is 16.6 Å². The number of aromatic nitrogens is 1. The lowest BCUT2D eigenvalue weighted by atomic mass is 9.88. The van der Waals surface area contributed by atoms with E-state index in [0.717, 1.165) is 21.6 Å². The molecule has 1 aromatic carbocycles. The van der Waals surface area contributed by atoms with Crippen LogP contribution in [0.2, 0.25) is 5.02 Å². The molecule has 1 aromatic heterocycles. The first kappa shape index (κ1) is 11.4. The van der Waals surface area contributed by atoms with E-state index in [1.54, 1.807) is 0 Å². The summed E-state index contributed by atoms with van der Waals surface area (Å²) < 4.78 is 0. The van der Waals surface area contributed by atoms with Gasteiger partial charge < -0.3 is 0 Å². The lowest BCUT2D eigenvalue weighted by Crippen LogP contribution is -2.15. The van der Waals surface area contributed by atoms with Gasteiger partial charge in [-0.05, 0) is 36.8 Å². The Labute approximate surface area is 101 Å². The predicted molar refractivity (Wildman–Crippen MR) is 70.2 cm³/mol. The van der Waals surface area contributed by atoms with Gasteiger partial charge in [0.1, 0.15) is 0 Å². The first-order valence-corrected chi connectivity index (χ1v) is 5.83. The molecular weight excluding hydrogens is 218 g/mol. The van der Waals surface area contributed by atoms with Crippen molar-refractivity contribution in [2.45, 2.75) is 33.1 Å². The Balaban J connectivity index is 2.72. The molecule has 0 radical (unpaired) electrons. The number of benzene rings is 1. The Morgan fingerprint density at radius 1 is 1.12 bits per heavy atom. The summed E-state index contributed by atoms with van der Waals surface area (Å²) in [7, 11) is 0. The van der Waals surface area contributed by atoms with E-state index < -0.39 is 0 Å². The van der Waals surface area contributed by atoms with Crippen molar-refractivity contribution in [1.29, 1.82) is 0 Å². The maximum atomic E-state index is 5.97. The summed E-state index contributed by atoms with van der Waals surface area (Å²) in [4.78, 5) is 4.73. The zero-order valence-electron chi connectivity index (χ0n) is 10.1. The quantitative estimate of drug-likeness (QED) is 0.653. The molecule has 0 aliphatic heterocycles. The van der Waals surface area contributed by atoms with Crippen LogP contribution in [0.25, 0.3) is 10.9 Å². The van der Waals surface area contributed by atoms with E-state index >= 15 is 0 Å². The van der Waals surface area contributed by atoms with Crippen LogP contribution in [-0.4, -0.2) is 4.98 Å². The highest BCUT2D eigenvalue weighted by Crippen LogP contribution is 2.27. The molecule has 84 valence electrons. The Kier molecular flexibility index (Phi) is 2.67. The molecule has 0 spiro atoms. The van der Waals surface area contributed by atoms with Gasteiger partial charge in [-0.2, -0.15) is 0 Å². The Bertz CT molecular complexity index is 538. The first-order chi connectivity index (χ1) is 7.38. The van der Waals surface area contributed by atoms with E-state index in [9.17, 15) is 0 Å². The molecule has 0 amide bonds. The highest BCUT2D eigenvalue weighted by Gasteiger charge is 2.18. The molecule has 16 heavy (non-hydrogen) atoms. The van der Waals surface area contributed by atoms with Gasteiger partial charge in [0.25, 0.3) is 0 Å². The van der Waals surface area contributed by atoms with Gasteiger partial charge in [0.15, 0.2) is 0 Å². The Morgan fingerprint density at radius 3 is 2.44 bits per heavy atom. The van der Waals surface area contributed by atoms with Gasteiger partial charge in [-0.15, -0.1) is 0 Å². The molecule has 0 aliphatic rings. The Hall–Kier alpha value is -1.08. The maximum absolute atomic E-state index is 5.97. The number of fused-ring (bicyclic) bond motifs is 1.